The Morgan fingerprint density at radius 2 is 1.71 bits per heavy atom. The number of hydrogen-bond acceptors (Lipinski definition) is 4. The van der Waals surface area contributed by atoms with Crippen LogP contribution < -0.4 is 10.5 Å². The number of carbonyl (C=O) groups excluding carboxylic acids is 1. The van der Waals surface area contributed by atoms with E-state index in [1.54, 1.807) is 36.3 Å². The van der Waals surface area contributed by atoms with E-state index < -0.39 is 11.7 Å². The van der Waals surface area contributed by atoms with Crippen molar-refractivity contribution in [2.24, 2.45) is 0 Å². The van der Waals surface area contributed by atoms with Crippen molar-refractivity contribution in [2.75, 3.05) is 12.8 Å². The quantitative estimate of drug-likeness (QED) is 0.424. The fourth-order valence-corrected chi connectivity index (χ4v) is 4.39. The summed E-state index contributed by atoms with van der Waals surface area (Å²) in [4.78, 5) is 19.4. The molecule has 2 heterocycles. The van der Waals surface area contributed by atoms with Crippen LogP contribution in [0.2, 0.25) is 0 Å². The van der Waals surface area contributed by atoms with Gasteiger partial charge in [-0.3, -0.25) is 4.79 Å². The molecule has 0 bridgehead atoms. The molecule has 1 amide bonds. The minimum Gasteiger partial charge on any atom is -0.497 e. The summed E-state index contributed by atoms with van der Waals surface area (Å²) in [6.07, 6.45) is -4.52. The SMILES string of the molecule is COc1ccc(CN2Cc3nc4c(-c5ccccc5C(F)(F)F)cccc4c(N)c3C2=O)cc1. The van der Waals surface area contributed by atoms with Crippen LogP contribution >= 0.6 is 0 Å². The topological polar surface area (TPSA) is 68.4 Å². The maximum Gasteiger partial charge on any atom is 0.417 e. The highest BCUT2D eigenvalue weighted by molar-refractivity contribution is 6.11. The van der Waals surface area contributed by atoms with Crippen LogP contribution in [0.15, 0.2) is 66.7 Å². The second-order valence-corrected chi connectivity index (χ2v) is 8.10. The molecule has 0 spiro atoms. The van der Waals surface area contributed by atoms with Gasteiger partial charge in [0.05, 0.1) is 41.7 Å². The molecule has 0 aliphatic carbocycles. The van der Waals surface area contributed by atoms with E-state index in [1.165, 1.54) is 12.1 Å². The molecule has 0 atom stereocenters. The molecule has 1 aliphatic rings. The number of nitrogens with two attached hydrogens (primary N) is 1. The van der Waals surface area contributed by atoms with Crippen LogP contribution in [0.1, 0.15) is 27.2 Å². The number of hydrogen-bond donors (Lipinski definition) is 1. The molecule has 1 aromatic heterocycles. The second kappa shape index (κ2) is 8.06. The van der Waals surface area contributed by atoms with Crippen molar-refractivity contribution in [3.8, 4) is 16.9 Å². The Kier molecular flexibility index (Phi) is 5.16. The Morgan fingerprint density at radius 3 is 2.41 bits per heavy atom. The van der Waals surface area contributed by atoms with E-state index >= 15 is 0 Å². The number of halogens is 3. The van der Waals surface area contributed by atoms with Gasteiger partial charge in [-0.15, -0.1) is 0 Å². The minimum atomic E-state index is -4.52. The first kappa shape index (κ1) is 21.8. The summed E-state index contributed by atoms with van der Waals surface area (Å²) in [5.74, 6) is 0.461. The average Bonchev–Trinajstić information content (AvgIpc) is 3.14. The molecule has 4 aromatic rings. The molecule has 1 aliphatic heterocycles. The lowest BCUT2D eigenvalue weighted by Gasteiger charge is -2.15. The lowest BCUT2D eigenvalue weighted by atomic mass is 9.95. The minimum absolute atomic E-state index is 0.0202. The number of para-hydroxylation sites is 1. The van der Waals surface area contributed by atoms with Gasteiger partial charge in [-0.2, -0.15) is 13.2 Å². The van der Waals surface area contributed by atoms with E-state index in [2.05, 4.69) is 4.98 Å². The Balaban J connectivity index is 1.59. The van der Waals surface area contributed by atoms with Crippen LogP contribution in [-0.4, -0.2) is 22.9 Å². The Bertz CT molecular complexity index is 1420. The smallest absolute Gasteiger partial charge is 0.417 e. The molecule has 3 aromatic carbocycles. The zero-order valence-corrected chi connectivity index (χ0v) is 18.2. The molecular weight excluding hydrogens is 443 g/mol. The molecule has 5 nitrogen and oxygen atoms in total. The first-order valence-corrected chi connectivity index (χ1v) is 10.6. The summed E-state index contributed by atoms with van der Waals surface area (Å²) in [6, 6.07) is 17.6. The Morgan fingerprint density at radius 1 is 1.00 bits per heavy atom. The predicted octanol–water partition coefficient (Wildman–Crippen LogP) is 5.67. The van der Waals surface area contributed by atoms with E-state index in [0.29, 0.717) is 40.0 Å². The molecule has 5 rings (SSSR count). The van der Waals surface area contributed by atoms with Gasteiger partial charge in [-0.1, -0.05) is 48.5 Å². The molecule has 0 saturated carbocycles. The molecule has 0 unspecified atom stereocenters. The third kappa shape index (κ3) is 3.61. The number of pyridine rings is 1. The van der Waals surface area contributed by atoms with E-state index in [-0.39, 0.29) is 23.7 Å². The predicted molar refractivity (Wildman–Crippen MR) is 123 cm³/mol. The number of fused-ring (bicyclic) bond motifs is 2. The monoisotopic (exact) mass is 463 g/mol. The number of amides is 1. The fraction of sp³-hybridized carbons (Fsp3) is 0.154. The molecule has 0 saturated heterocycles. The number of carbonyl (C=O) groups is 1. The van der Waals surface area contributed by atoms with Crippen LogP contribution in [0.25, 0.3) is 22.0 Å². The summed E-state index contributed by atoms with van der Waals surface area (Å²) >= 11 is 0. The van der Waals surface area contributed by atoms with Gasteiger partial charge >= 0.3 is 6.18 Å². The van der Waals surface area contributed by atoms with Gasteiger partial charge in [0.2, 0.25) is 0 Å². The number of rotatable bonds is 4. The van der Waals surface area contributed by atoms with Gasteiger partial charge in [-0.05, 0) is 29.3 Å². The molecule has 34 heavy (non-hydrogen) atoms. The Hall–Kier alpha value is -4.07. The van der Waals surface area contributed by atoms with Gasteiger partial charge in [0.25, 0.3) is 5.91 Å². The number of ether oxygens (including phenoxy) is 1. The first-order chi connectivity index (χ1) is 16.3. The standard InChI is InChI=1S/C26H20F3N3O2/c1-34-16-11-9-15(10-12-16)13-32-14-21-22(25(32)33)23(30)19-7-4-6-18(24(19)31-21)17-5-2-3-8-20(17)26(27,28)29/h2-12H,13-14H2,1H3,(H2,30,31). The molecule has 2 N–H and O–H groups in total. The van der Waals surface area contributed by atoms with Gasteiger partial charge in [0.15, 0.2) is 0 Å². The van der Waals surface area contributed by atoms with Crippen molar-refractivity contribution in [1.82, 2.24) is 9.88 Å². The van der Waals surface area contributed by atoms with Gasteiger partial charge in [0, 0.05) is 17.5 Å². The van der Waals surface area contributed by atoms with Crippen molar-refractivity contribution in [3.63, 3.8) is 0 Å². The molecule has 172 valence electrons. The maximum atomic E-state index is 13.7. The normalized spacial score (nSPS) is 13.4. The summed E-state index contributed by atoms with van der Waals surface area (Å²) in [7, 11) is 1.58. The first-order valence-electron chi connectivity index (χ1n) is 10.6. The summed E-state index contributed by atoms with van der Waals surface area (Å²) in [5, 5.41) is 0.452. The summed E-state index contributed by atoms with van der Waals surface area (Å²) < 4.78 is 46.2. The van der Waals surface area contributed by atoms with Gasteiger partial charge in [0.1, 0.15) is 5.75 Å². The number of aromatic nitrogens is 1. The van der Waals surface area contributed by atoms with Crippen molar-refractivity contribution in [3.05, 3.63) is 89.1 Å². The lowest BCUT2D eigenvalue weighted by molar-refractivity contribution is -0.137. The van der Waals surface area contributed by atoms with Crippen molar-refractivity contribution in [1.29, 1.82) is 0 Å². The van der Waals surface area contributed by atoms with E-state index in [9.17, 15) is 18.0 Å². The van der Waals surface area contributed by atoms with Crippen molar-refractivity contribution < 1.29 is 22.7 Å². The van der Waals surface area contributed by atoms with Gasteiger partial charge < -0.3 is 15.4 Å². The van der Waals surface area contributed by atoms with Crippen molar-refractivity contribution in [2.45, 2.75) is 19.3 Å². The molecule has 8 heteroatoms. The van der Waals surface area contributed by atoms with Crippen LogP contribution in [0.5, 0.6) is 5.75 Å². The zero-order chi connectivity index (χ0) is 24.0. The number of nitrogen functional groups attached to an aromatic ring is 1. The molecule has 0 fully saturated rings. The van der Waals surface area contributed by atoms with E-state index in [1.807, 2.05) is 24.3 Å². The van der Waals surface area contributed by atoms with Gasteiger partial charge in [-0.25, -0.2) is 4.98 Å². The molecule has 0 radical (unpaired) electrons. The summed E-state index contributed by atoms with van der Waals surface area (Å²) in [6.45, 7) is 0.564. The summed E-state index contributed by atoms with van der Waals surface area (Å²) in [5.41, 5.74) is 8.24. The maximum absolute atomic E-state index is 13.7. The third-order valence-electron chi connectivity index (χ3n) is 6.03. The third-order valence-corrected chi connectivity index (χ3v) is 6.03. The van der Waals surface area contributed by atoms with E-state index in [4.69, 9.17) is 10.5 Å². The van der Waals surface area contributed by atoms with Crippen molar-refractivity contribution >= 4 is 22.5 Å². The van der Waals surface area contributed by atoms with Crippen LogP contribution in [-0.2, 0) is 19.3 Å². The lowest BCUT2D eigenvalue weighted by Crippen LogP contribution is -2.23. The largest absolute Gasteiger partial charge is 0.497 e. The fourth-order valence-electron chi connectivity index (χ4n) is 4.39. The van der Waals surface area contributed by atoms with E-state index in [0.717, 1.165) is 11.6 Å². The highest BCUT2D eigenvalue weighted by atomic mass is 19.4. The number of methoxy groups -OCH3 is 1. The number of anilines is 1. The average molecular weight is 463 g/mol. The number of nitrogens with zero attached hydrogens (tertiary/aromatic N) is 2. The highest BCUT2D eigenvalue weighted by Crippen LogP contribution is 2.41. The van der Waals surface area contributed by atoms with Crippen LogP contribution in [0.3, 0.4) is 0 Å². The Labute approximate surface area is 193 Å². The van der Waals surface area contributed by atoms with Crippen LogP contribution in [0, 0.1) is 0 Å². The van der Waals surface area contributed by atoms with Crippen LogP contribution in [0.4, 0.5) is 18.9 Å². The second-order valence-electron chi connectivity index (χ2n) is 8.10. The number of alkyl halides is 3. The molecular formula is C26H20F3N3O2. The number of benzene rings is 3. The highest BCUT2D eigenvalue weighted by Gasteiger charge is 2.35. The zero-order valence-electron chi connectivity index (χ0n) is 18.2.